The van der Waals surface area contributed by atoms with Crippen molar-refractivity contribution in [1.29, 1.82) is 0 Å². The van der Waals surface area contributed by atoms with E-state index >= 15 is 0 Å². The Bertz CT molecular complexity index is 806. The topological polar surface area (TPSA) is 20.2 Å². The van der Waals surface area contributed by atoms with E-state index in [4.69, 9.17) is 0 Å². The molecule has 152 valence electrons. The maximum Gasteiger partial charge on any atom is 0.0784 e. The molecule has 0 unspecified atom stereocenters. The van der Waals surface area contributed by atoms with Crippen molar-refractivity contribution in [2.75, 3.05) is 0 Å². The van der Waals surface area contributed by atoms with Gasteiger partial charge >= 0.3 is 0 Å². The molecule has 0 atom stereocenters. The van der Waals surface area contributed by atoms with Crippen LogP contribution in [0, 0.1) is 0 Å². The lowest BCUT2D eigenvalue weighted by molar-refractivity contribution is 0.282. The Morgan fingerprint density at radius 3 is 1.64 bits per heavy atom. The molecule has 2 aromatic rings. The fraction of sp³-hybridized carbons (Fsp3) is 0.462. The van der Waals surface area contributed by atoms with Crippen molar-refractivity contribution in [1.82, 2.24) is 0 Å². The molecular formula is C26H38OSi. The van der Waals surface area contributed by atoms with E-state index in [2.05, 4.69) is 97.6 Å². The summed E-state index contributed by atoms with van der Waals surface area (Å²) in [6.07, 6.45) is 2.36. The maximum absolute atomic E-state index is 9.32. The van der Waals surface area contributed by atoms with Crippen LogP contribution in [-0.4, -0.2) is 13.2 Å². The summed E-state index contributed by atoms with van der Waals surface area (Å²) in [4.78, 5) is 0. The zero-order chi connectivity index (χ0) is 21.3. The van der Waals surface area contributed by atoms with Crippen LogP contribution in [0.25, 0.3) is 11.3 Å². The Kier molecular flexibility index (Phi) is 6.47. The molecular weight excluding hydrogens is 356 g/mol. The summed E-state index contributed by atoms with van der Waals surface area (Å²) in [6, 6.07) is 15.5. The van der Waals surface area contributed by atoms with Gasteiger partial charge in [-0.1, -0.05) is 115 Å². The Hall–Kier alpha value is -1.64. The van der Waals surface area contributed by atoms with E-state index < -0.39 is 8.07 Å². The lowest BCUT2D eigenvalue weighted by atomic mass is 9.79. The van der Waals surface area contributed by atoms with Crippen LogP contribution in [0.5, 0.6) is 0 Å². The smallest absolute Gasteiger partial charge is 0.0784 e. The lowest BCUT2D eigenvalue weighted by Crippen LogP contribution is -2.24. The van der Waals surface area contributed by atoms with E-state index in [-0.39, 0.29) is 17.4 Å². The van der Waals surface area contributed by atoms with Gasteiger partial charge in [0.2, 0.25) is 0 Å². The number of hydrogen-bond acceptors (Lipinski definition) is 1. The average Bonchev–Trinajstić information content (AvgIpc) is 2.57. The van der Waals surface area contributed by atoms with Gasteiger partial charge in [-0.05, 0) is 38.6 Å². The largest absolute Gasteiger partial charge is 0.392 e. The molecule has 0 amide bonds. The molecule has 28 heavy (non-hydrogen) atoms. The van der Waals surface area contributed by atoms with E-state index in [1.54, 1.807) is 0 Å². The maximum atomic E-state index is 9.32. The van der Waals surface area contributed by atoms with Crippen molar-refractivity contribution in [3.05, 3.63) is 70.3 Å². The van der Waals surface area contributed by atoms with E-state index in [9.17, 15) is 5.11 Å². The minimum absolute atomic E-state index is 0.0907. The van der Waals surface area contributed by atoms with Gasteiger partial charge in [-0.3, -0.25) is 0 Å². The molecule has 2 heteroatoms. The van der Waals surface area contributed by atoms with Crippen LogP contribution in [0.4, 0.5) is 0 Å². The van der Waals surface area contributed by atoms with E-state index in [1.807, 2.05) is 12.1 Å². The van der Waals surface area contributed by atoms with E-state index in [0.29, 0.717) is 0 Å². The van der Waals surface area contributed by atoms with E-state index in [1.165, 1.54) is 27.5 Å². The van der Waals surface area contributed by atoms with Crippen LogP contribution in [0.15, 0.2) is 42.5 Å². The Morgan fingerprint density at radius 1 is 0.821 bits per heavy atom. The van der Waals surface area contributed by atoms with Gasteiger partial charge in [0.15, 0.2) is 0 Å². The summed E-state index contributed by atoms with van der Waals surface area (Å²) in [7, 11) is -1.58. The predicted octanol–water partition coefficient (Wildman–Crippen LogP) is 7.19. The van der Waals surface area contributed by atoms with E-state index in [0.717, 1.165) is 5.56 Å². The zero-order valence-corrected chi connectivity index (χ0v) is 20.3. The van der Waals surface area contributed by atoms with Crippen LogP contribution in [0.1, 0.15) is 69.4 Å². The molecule has 0 saturated carbocycles. The highest BCUT2D eigenvalue weighted by molar-refractivity contribution is 6.94. The van der Waals surface area contributed by atoms with Crippen molar-refractivity contribution >= 4 is 19.3 Å². The Balaban J connectivity index is 2.71. The van der Waals surface area contributed by atoms with Crippen LogP contribution >= 0.6 is 0 Å². The first-order chi connectivity index (χ1) is 12.7. The fourth-order valence-corrected chi connectivity index (χ4v) is 4.88. The summed E-state index contributed by atoms with van der Waals surface area (Å²) in [5.41, 5.74) is 6.55. The SMILES string of the molecule is CC(C)(C)c1cc(/C(=C/c2ccc(CO)cc2)[Si](C)(C)C)cc(C(C)(C)C)c1. The highest BCUT2D eigenvalue weighted by Crippen LogP contribution is 2.36. The molecule has 1 N–H and O–H groups in total. The standard InChI is InChI=1S/C26H38OSi/c1-25(2,3)22-15-21(16-23(17-22)26(4,5)6)24(28(7,8)9)14-19-10-12-20(18-27)13-11-19/h10-17,27H,18H2,1-9H3/b24-14-. The number of hydrogen-bond donors (Lipinski definition) is 1. The number of aliphatic hydroxyl groups excluding tert-OH is 1. The number of aliphatic hydroxyl groups is 1. The molecule has 0 fully saturated rings. The normalized spacial score (nSPS) is 13.7. The lowest BCUT2D eigenvalue weighted by Gasteiger charge is -2.29. The fourth-order valence-electron chi connectivity index (χ4n) is 3.27. The highest BCUT2D eigenvalue weighted by Gasteiger charge is 2.26. The van der Waals surface area contributed by atoms with Crippen LogP contribution in [-0.2, 0) is 17.4 Å². The van der Waals surface area contributed by atoms with Crippen molar-refractivity contribution in [3.63, 3.8) is 0 Å². The van der Waals surface area contributed by atoms with Crippen LogP contribution in [0.3, 0.4) is 0 Å². The molecule has 0 bridgehead atoms. The van der Waals surface area contributed by atoms with Crippen LogP contribution in [0.2, 0.25) is 19.6 Å². The van der Waals surface area contributed by atoms with Gasteiger partial charge < -0.3 is 5.11 Å². The molecule has 0 saturated heterocycles. The Labute approximate surface area is 173 Å². The van der Waals surface area contributed by atoms with Crippen molar-refractivity contribution in [3.8, 4) is 0 Å². The molecule has 0 aromatic heterocycles. The van der Waals surface area contributed by atoms with Gasteiger partial charge in [0.1, 0.15) is 0 Å². The predicted molar refractivity (Wildman–Crippen MR) is 127 cm³/mol. The third-order valence-corrected chi connectivity index (χ3v) is 7.31. The molecule has 0 aliphatic heterocycles. The highest BCUT2D eigenvalue weighted by atomic mass is 28.3. The molecule has 1 nitrogen and oxygen atoms in total. The first-order valence-corrected chi connectivity index (χ1v) is 13.8. The third kappa shape index (κ3) is 5.68. The summed E-state index contributed by atoms with van der Waals surface area (Å²) in [5, 5.41) is 10.8. The molecule has 0 aliphatic rings. The second-order valence-electron chi connectivity index (χ2n) is 11.0. The minimum atomic E-state index is -1.58. The molecule has 0 radical (unpaired) electrons. The third-order valence-electron chi connectivity index (χ3n) is 5.26. The first kappa shape index (κ1) is 22.6. The van der Waals surface area contributed by atoms with Gasteiger partial charge in [-0.15, -0.1) is 0 Å². The first-order valence-electron chi connectivity index (χ1n) is 10.3. The van der Waals surface area contributed by atoms with Gasteiger partial charge in [0, 0.05) is 0 Å². The van der Waals surface area contributed by atoms with Crippen LogP contribution < -0.4 is 0 Å². The minimum Gasteiger partial charge on any atom is -0.392 e. The van der Waals surface area contributed by atoms with Gasteiger partial charge in [-0.2, -0.15) is 0 Å². The summed E-state index contributed by atoms with van der Waals surface area (Å²) >= 11 is 0. The molecule has 0 spiro atoms. The molecule has 0 heterocycles. The monoisotopic (exact) mass is 394 g/mol. The van der Waals surface area contributed by atoms with Gasteiger partial charge in [-0.25, -0.2) is 0 Å². The second-order valence-corrected chi connectivity index (χ2v) is 16.0. The van der Waals surface area contributed by atoms with Gasteiger partial charge in [0.25, 0.3) is 0 Å². The molecule has 2 aromatic carbocycles. The number of rotatable bonds is 4. The number of benzene rings is 2. The van der Waals surface area contributed by atoms with Crippen molar-refractivity contribution in [2.24, 2.45) is 0 Å². The average molecular weight is 395 g/mol. The molecule has 0 aliphatic carbocycles. The molecule has 2 rings (SSSR count). The summed E-state index contributed by atoms with van der Waals surface area (Å²) in [6.45, 7) is 21.1. The Morgan fingerprint density at radius 2 is 1.29 bits per heavy atom. The zero-order valence-electron chi connectivity index (χ0n) is 19.3. The second kappa shape index (κ2) is 8.00. The van der Waals surface area contributed by atoms with Gasteiger partial charge in [0.05, 0.1) is 14.7 Å². The summed E-state index contributed by atoms with van der Waals surface area (Å²) < 4.78 is 0. The van der Waals surface area contributed by atoms with Crippen molar-refractivity contribution in [2.45, 2.75) is 78.6 Å². The summed E-state index contributed by atoms with van der Waals surface area (Å²) in [5.74, 6) is 0. The van der Waals surface area contributed by atoms with Crippen molar-refractivity contribution < 1.29 is 5.11 Å². The quantitative estimate of drug-likeness (QED) is 0.429.